The first-order valence-electron chi connectivity index (χ1n) is 5.51. The molecule has 1 aromatic rings. The standard InChI is InChI=1S/C11H18N2OS/c1-8(2)11-13-6-10(15-11)5-9-7-14-4-3-12-9/h6,8-9,12H,3-5,7H2,1-2H3. The molecule has 1 fully saturated rings. The van der Waals surface area contributed by atoms with Crippen LogP contribution in [0.4, 0.5) is 0 Å². The summed E-state index contributed by atoms with van der Waals surface area (Å²) in [5, 5.41) is 4.70. The molecule has 15 heavy (non-hydrogen) atoms. The molecule has 0 aliphatic carbocycles. The van der Waals surface area contributed by atoms with Crippen LogP contribution in [0, 0.1) is 0 Å². The van der Waals surface area contributed by atoms with Gasteiger partial charge in [0.25, 0.3) is 0 Å². The topological polar surface area (TPSA) is 34.1 Å². The quantitative estimate of drug-likeness (QED) is 0.853. The monoisotopic (exact) mass is 226 g/mol. The van der Waals surface area contributed by atoms with Crippen LogP contribution in [0.25, 0.3) is 0 Å². The van der Waals surface area contributed by atoms with E-state index in [1.165, 1.54) is 9.88 Å². The number of nitrogens with zero attached hydrogens (tertiary/aromatic N) is 1. The Morgan fingerprint density at radius 1 is 1.67 bits per heavy atom. The molecule has 1 N–H and O–H groups in total. The fraction of sp³-hybridized carbons (Fsp3) is 0.727. The first-order chi connectivity index (χ1) is 7.25. The molecule has 1 aliphatic heterocycles. The Labute approximate surface area is 94.9 Å². The molecule has 1 saturated heterocycles. The van der Waals surface area contributed by atoms with Crippen molar-refractivity contribution in [2.75, 3.05) is 19.8 Å². The van der Waals surface area contributed by atoms with E-state index in [-0.39, 0.29) is 0 Å². The lowest BCUT2D eigenvalue weighted by atomic mass is 10.2. The minimum atomic E-state index is 0.471. The van der Waals surface area contributed by atoms with Gasteiger partial charge in [-0.3, -0.25) is 0 Å². The molecule has 0 saturated carbocycles. The summed E-state index contributed by atoms with van der Waals surface area (Å²) in [6.07, 6.45) is 3.06. The van der Waals surface area contributed by atoms with Crippen LogP contribution in [0.2, 0.25) is 0 Å². The van der Waals surface area contributed by atoms with E-state index in [1.54, 1.807) is 0 Å². The maximum atomic E-state index is 5.43. The van der Waals surface area contributed by atoms with Gasteiger partial charge in [-0.05, 0) is 0 Å². The molecule has 1 unspecified atom stereocenters. The summed E-state index contributed by atoms with van der Waals surface area (Å²) in [6.45, 7) is 7.01. The van der Waals surface area contributed by atoms with Crippen LogP contribution in [-0.4, -0.2) is 30.8 Å². The minimum absolute atomic E-state index is 0.471. The first kappa shape index (κ1) is 11.0. The Balaban J connectivity index is 1.91. The molecule has 0 spiro atoms. The van der Waals surface area contributed by atoms with E-state index in [0.717, 1.165) is 26.2 Å². The van der Waals surface area contributed by atoms with Crippen LogP contribution in [0.15, 0.2) is 6.20 Å². The molecule has 0 bridgehead atoms. The fourth-order valence-electron chi connectivity index (χ4n) is 1.68. The zero-order chi connectivity index (χ0) is 10.7. The highest BCUT2D eigenvalue weighted by atomic mass is 32.1. The van der Waals surface area contributed by atoms with Gasteiger partial charge in [-0.2, -0.15) is 0 Å². The Bertz CT molecular complexity index is 305. The van der Waals surface area contributed by atoms with Gasteiger partial charge in [0.15, 0.2) is 0 Å². The van der Waals surface area contributed by atoms with Crippen molar-refractivity contribution in [3.05, 3.63) is 16.1 Å². The van der Waals surface area contributed by atoms with Crippen LogP contribution in [0.5, 0.6) is 0 Å². The lowest BCUT2D eigenvalue weighted by Gasteiger charge is -2.22. The normalized spacial score (nSPS) is 22.2. The highest BCUT2D eigenvalue weighted by molar-refractivity contribution is 7.11. The van der Waals surface area contributed by atoms with Crippen molar-refractivity contribution in [3.8, 4) is 0 Å². The van der Waals surface area contributed by atoms with Crippen molar-refractivity contribution in [1.82, 2.24) is 10.3 Å². The molecule has 1 atom stereocenters. The molecule has 3 nitrogen and oxygen atoms in total. The van der Waals surface area contributed by atoms with Crippen molar-refractivity contribution in [2.24, 2.45) is 0 Å². The van der Waals surface area contributed by atoms with E-state index < -0.39 is 0 Å². The van der Waals surface area contributed by atoms with Gasteiger partial charge in [-0.15, -0.1) is 11.3 Å². The molecule has 0 radical (unpaired) electrons. The van der Waals surface area contributed by atoms with Gasteiger partial charge in [0.1, 0.15) is 0 Å². The molecule has 2 heterocycles. The molecule has 84 valence electrons. The summed E-state index contributed by atoms with van der Waals surface area (Å²) in [5.41, 5.74) is 0. The number of ether oxygens (including phenoxy) is 1. The van der Waals surface area contributed by atoms with Crippen molar-refractivity contribution in [2.45, 2.75) is 32.2 Å². The van der Waals surface area contributed by atoms with E-state index in [0.29, 0.717) is 12.0 Å². The smallest absolute Gasteiger partial charge is 0.0953 e. The van der Waals surface area contributed by atoms with Crippen LogP contribution in [0.3, 0.4) is 0 Å². The average molecular weight is 226 g/mol. The van der Waals surface area contributed by atoms with Crippen LogP contribution >= 0.6 is 11.3 Å². The Morgan fingerprint density at radius 3 is 3.13 bits per heavy atom. The number of rotatable bonds is 3. The summed E-state index contributed by atoms with van der Waals surface area (Å²) >= 11 is 1.83. The molecule has 1 aliphatic rings. The minimum Gasteiger partial charge on any atom is -0.379 e. The van der Waals surface area contributed by atoms with E-state index in [4.69, 9.17) is 4.74 Å². The highest BCUT2D eigenvalue weighted by Gasteiger charge is 2.15. The van der Waals surface area contributed by atoms with E-state index in [1.807, 2.05) is 17.5 Å². The number of nitrogens with one attached hydrogen (secondary N) is 1. The lowest BCUT2D eigenvalue weighted by molar-refractivity contribution is 0.0772. The van der Waals surface area contributed by atoms with Crippen molar-refractivity contribution in [3.63, 3.8) is 0 Å². The zero-order valence-electron chi connectivity index (χ0n) is 9.32. The van der Waals surface area contributed by atoms with Gasteiger partial charge in [0, 0.05) is 36.0 Å². The Hall–Kier alpha value is -0.450. The van der Waals surface area contributed by atoms with Gasteiger partial charge in [-0.25, -0.2) is 4.98 Å². The van der Waals surface area contributed by atoms with Crippen LogP contribution in [-0.2, 0) is 11.2 Å². The largest absolute Gasteiger partial charge is 0.379 e. The Kier molecular flexibility index (Phi) is 3.72. The molecule has 1 aromatic heterocycles. The molecule has 2 rings (SSSR count). The average Bonchev–Trinajstić information content (AvgIpc) is 2.68. The maximum absolute atomic E-state index is 5.43. The third kappa shape index (κ3) is 3.00. The first-order valence-corrected chi connectivity index (χ1v) is 6.33. The van der Waals surface area contributed by atoms with E-state index in [2.05, 4.69) is 24.1 Å². The zero-order valence-corrected chi connectivity index (χ0v) is 10.1. The molecule has 4 heteroatoms. The van der Waals surface area contributed by atoms with Crippen LogP contribution < -0.4 is 5.32 Å². The number of aromatic nitrogens is 1. The van der Waals surface area contributed by atoms with Crippen molar-refractivity contribution < 1.29 is 4.74 Å². The number of morpholine rings is 1. The predicted molar refractivity (Wildman–Crippen MR) is 62.5 cm³/mol. The fourth-order valence-corrected chi connectivity index (χ4v) is 2.68. The second-order valence-electron chi connectivity index (χ2n) is 4.25. The third-order valence-corrected chi connectivity index (χ3v) is 3.83. The summed E-state index contributed by atoms with van der Waals surface area (Å²) < 4.78 is 5.43. The second-order valence-corrected chi connectivity index (χ2v) is 5.40. The van der Waals surface area contributed by atoms with Gasteiger partial charge < -0.3 is 10.1 Å². The molecular weight excluding hydrogens is 208 g/mol. The van der Waals surface area contributed by atoms with E-state index in [9.17, 15) is 0 Å². The summed E-state index contributed by atoms with van der Waals surface area (Å²) in [5.74, 6) is 0.541. The lowest BCUT2D eigenvalue weighted by Crippen LogP contribution is -2.42. The summed E-state index contributed by atoms with van der Waals surface area (Å²) in [6, 6.07) is 0.471. The second kappa shape index (κ2) is 5.05. The number of hydrogen-bond donors (Lipinski definition) is 1. The van der Waals surface area contributed by atoms with Crippen molar-refractivity contribution in [1.29, 1.82) is 0 Å². The maximum Gasteiger partial charge on any atom is 0.0953 e. The van der Waals surface area contributed by atoms with Gasteiger partial charge in [-0.1, -0.05) is 13.8 Å². The predicted octanol–water partition coefficient (Wildman–Crippen LogP) is 1.80. The summed E-state index contributed by atoms with van der Waals surface area (Å²) in [7, 11) is 0. The van der Waals surface area contributed by atoms with Gasteiger partial charge in [0.05, 0.1) is 18.2 Å². The Morgan fingerprint density at radius 2 is 2.53 bits per heavy atom. The van der Waals surface area contributed by atoms with Crippen molar-refractivity contribution >= 4 is 11.3 Å². The number of thiazole rings is 1. The molecule has 0 amide bonds. The molecular formula is C11H18N2OS. The van der Waals surface area contributed by atoms with E-state index >= 15 is 0 Å². The van der Waals surface area contributed by atoms with Gasteiger partial charge >= 0.3 is 0 Å². The van der Waals surface area contributed by atoms with Crippen LogP contribution in [0.1, 0.15) is 29.7 Å². The third-order valence-electron chi connectivity index (χ3n) is 2.51. The SMILES string of the molecule is CC(C)c1ncc(CC2COCCN2)s1. The molecule has 0 aromatic carbocycles. The van der Waals surface area contributed by atoms with Gasteiger partial charge in [0.2, 0.25) is 0 Å². The highest BCUT2D eigenvalue weighted by Crippen LogP contribution is 2.22. The number of hydrogen-bond acceptors (Lipinski definition) is 4. The summed E-state index contributed by atoms with van der Waals surface area (Å²) in [4.78, 5) is 5.79.